The van der Waals surface area contributed by atoms with Crippen molar-refractivity contribution in [3.8, 4) is 5.75 Å². The van der Waals surface area contributed by atoms with Crippen LogP contribution in [-0.4, -0.2) is 18.2 Å². The third kappa shape index (κ3) is 2.36. The van der Waals surface area contributed by atoms with Gasteiger partial charge < -0.3 is 10.1 Å². The van der Waals surface area contributed by atoms with E-state index >= 15 is 0 Å². The Morgan fingerprint density at radius 3 is 2.89 bits per heavy atom. The number of para-hydroxylation sites is 1. The van der Waals surface area contributed by atoms with Gasteiger partial charge in [0.1, 0.15) is 11.4 Å². The van der Waals surface area contributed by atoms with Crippen molar-refractivity contribution < 1.29 is 4.74 Å². The molecule has 1 fully saturated rings. The Morgan fingerprint density at radius 2 is 2.11 bits per heavy atom. The fourth-order valence-electron chi connectivity index (χ4n) is 3.58. The van der Waals surface area contributed by atoms with Gasteiger partial charge in [0.25, 0.3) is 0 Å². The maximum Gasteiger partial charge on any atom is 0.123 e. The summed E-state index contributed by atoms with van der Waals surface area (Å²) in [5.41, 5.74) is 1.44. The largest absolute Gasteiger partial charge is 0.487 e. The molecule has 2 nitrogen and oxygen atoms in total. The van der Waals surface area contributed by atoms with Crippen LogP contribution in [0.4, 0.5) is 0 Å². The van der Waals surface area contributed by atoms with E-state index in [9.17, 15) is 0 Å². The first-order valence-electron chi connectivity index (χ1n) is 6.71. The molecule has 1 aromatic rings. The van der Waals surface area contributed by atoms with Crippen LogP contribution < -0.4 is 10.1 Å². The molecule has 0 spiro atoms. The summed E-state index contributed by atoms with van der Waals surface area (Å²) in [6.45, 7) is 5.50. The molecule has 1 aliphatic heterocycles. The van der Waals surface area contributed by atoms with Gasteiger partial charge in [-0.05, 0) is 43.9 Å². The van der Waals surface area contributed by atoms with E-state index in [0.29, 0.717) is 12.0 Å². The van der Waals surface area contributed by atoms with Crippen LogP contribution >= 0.6 is 12.4 Å². The molecule has 18 heavy (non-hydrogen) atoms. The van der Waals surface area contributed by atoms with Gasteiger partial charge in [-0.25, -0.2) is 0 Å². The molecule has 1 aliphatic carbocycles. The van der Waals surface area contributed by atoms with E-state index < -0.39 is 0 Å². The molecule has 1 heterocycles. The molecule has 3 rings (SSSR count). The van der Waals surface area contributed by atoms with Gasteiger partial charge in [0.15, 0.2) is 0 Å². The van der Waals surface area contributed by atoms with Crippen LogP contribution in [-0.2, 0) is 0 Å². The first kappa shape index (κ1) is 13.7. The highest BCUT2D eigenvalue weighted by Crippen LogP contribution is 2.48. The van der Waals surface area contributed by atoms with E-state index in [-0.39, 0.29) is 18.0 Å². The molecule has 2 bridgehead atoms. The number of hydrogen-bond acceptors (Lipinski definition) is 2. The Morgan fingerprint density at radius 1 is 1.33 bits per heavy atom. The van der Waals surface area contributed by atoms with Gasteiger partial charge in [0.05, 0.1) is 0 Å². The van der Waals surface area contributed by atoms with Crippen LogP contribution in [0.25, 0.3) is 0 Å². The Kier molecular flexibility index (Phi) is 3.88. The molecule has 0 radical (unpaired) electrons. The second-order valence-electron chi connectivity index (χ2n) is 5.69. The fraction of sp³-hybridized carbons (Fsp3) is 0.600. The zero-order valence-electron chi connectivity index (χ0n) is 11.1. The summed E-state index contributed by atoms with van der Waals surface area (Å²) >= 11 is 0. The summed E-state index contributed by atoms with van der Waals surface area (Å²) in [5, 5.41) is 3.59. The molecule has 1 aromatic carbocycles. The lowest BCUT2D eigenvalue weighted by Crippen LogP contribution is -2.50. The van der Waals surface area contributed by atoms with Crippen molar-refractivity contribution >= 4 is 12.4 Å². The third-order valence-electron chi connectivity index (χ3n) is 4.13. The number of hydrogen-bond donors (Lipinski definition) is 1. The number of rotatable bonds is 2. The first-order valence-corrected chi connectivity index (χ1v) is 6.71. The van der Waals surface area contributed by atoms with E-state index in [1.54, 1.807) is 0 Å². The summed E-state index contributed by atoms with van der Waals surface area (Å²) < 4.78 is 6.23. The van der Waals surface area contributed by atoms with Crippen molar-refractivity contribution in [3.05, 3.63) is 29.8 Å². The number of halogens is 1. The van der Waals surface area contributed by atoms with Crippen molar-refractivity contribution in [2.24, 2.45) is 0 Å². The molecule has 3 heteroatoms. The minimum atomic E-state index is 0. The van der Waals surface area contributed by atoms with Gasteiger partial charge in [-0.1, -0.05) is 25.1 Å². The molecular formula is C15H22ClNO. The fourth-order valence-corrected chi connectivity index (χ4v) is 3.58. The average molecular weight is 268 g/mol. The SMILES string of the molecule is CCNC1CC2CC(C)(C1)Oc1ccccc12.Cl. The highest BCUT2D eigenvalue weighted by atomic mass is 35.5. The maximum absolute atomic E-state index is 6.23. The zero-order valence-corrected chi connectivity index (χ0v) is 11.9. The molecule has 3 unspecified atom stereocenters. The molecule has 0 amide bonds. The van der Waals surface area contributed by atoms with Crippen molar-refractivity contribution in [1.29, 1.82) is 0 Å². The second kappa shape index (κ2) is 5.10. The van der Waals surface area contributed by atoms with Crippen LogP contribution in [0, 0.1) is 0 Å². The topological polar surface area (TPSA) is 21.3 Å². The van der Waals surface area contributed by atoms with Gasteiger partial charge in [0, 0.05) is 12.5 Å². The van der Waals surface area contributed by atoms with Crippen molar-refractivity contribution in [2.45, 2.75) is 50.7 Å². The summed E-state index contributed by atoms with van der Waals surface area (Å²) in [7, 11) is 0. The van der Waals surface area contributed by atoms with E-state index in [2.05, 4.69) is 43.4 Å². The second-order valence-corrected chi connectivity index (χ2v) is 5.69. The minimum absolute atomic E-state index is 0. The molecule has 100 valence electrons. The molecule has 0 saturated heterocycles. The van der Waals surface area contributed by atoms with E-state index in [0.717, 1.165) is 18.7 Å². The van der Waals surface area contributed by atoms with E-state index in [1.165, 1.54) is 18.4 Å². The van der Waals surface area contributed by atoms with Gasteiger partial charge in [0.2, 0.25) is 0 Å². The average Bonchev–Trinajstić information content (AvgIpc) is 2.28. The summed E-state index contributed by atoms with van der Waals surface area (Å²) in [6, 6.07) is 9.16. The van der Waals surface area contributed by atoms with Crippen molar-refractivity contribution in [1.82, 2.24) is 5.32 Å². The monoisotopic (exact) mass is 267 g/mol. The number of benzene rings is 1. The van der Waals surface area contributed by atoms with Gasteiger partial charge in [-0.3, -0.25) is 0 Å². The van der Waals surface area contributed by atoms with E-state index in [1.807, 2.05) is 0 Å². The minimum Gasteiger partial charge on any atom is -0.487 e. The van der Waals surface area contributed by atoms with Gasteiger partial charge >= 0.3 is 0 Å². The molecule has 1 N–H and O–H groups in total. The number of nitrogens with one attached hydrogen (secondary N) is 1. The van der Waals surface area contributed by atoms with E-state index in [4.69, 9.17) is 4.74 Å². The Labute approximate surface area is 116 Å². The lowest BCUT2D eigenvalue weighted by Gasteiger charge is -2.47. The smallest absolute Gasteiger partial charge is 0.123 e. The molecule has 3 atom stereocenters. The number of ether oxygens (including phenoxy) is 1. The predicted octanol–water partition coefficient (Wildman–Crippen LogP) is 3.51. The predicted molar refractivity (Wildman–Crippen MR) is 76.8 cm³/mol. The van der Waals surface area contributed by atoms with Crippen LogP contribution in [0.1, 0.15) is 44.6 Å². The Bertz CT molecular complexity index is 423. The quantitative estimate of drug-likeness (QED) is 0.886. The maximum atomic E-state index is 6.23. The van der Waals surface area contributed by atoms with Gasteiger partial charge in [-0.2, -0.15) is 0 Å². The van der Waals surface area contributed by atoms with Crippen LogP contribution in [0.5, 0.6) is 5.75 Å². The summed E-state index contributed by atoms with van der Waals surface area (Å²) in [6.07, 6.45) is 3.56. The van der Waals surface area contributed by atoms with Crippen LogP contribution in [0.3, 0.4) is 0 Å². The molecule has 2 aliphatic rings. The Balaban J connectivity index is 0.00000120. The standard InChI is InChI=1S/C15H21NO.ClH/c1-3-16-12-8-11-9-15(2,10-12)17-14-7-5-4-6-13(11)14;/h4-7,11-12,16H,3,8-10H2,1-2H3;1H. The van der Waals surface area contributed by atoms with Gasteiger partial charge in [-0.15, -0.1) is 12.4 Å². The lowest BCUT2D eigenvalue weighted by atomic mass is 9.71. The van der Waals surface area contributed by atoms with Crippen molar-refractivity contribution in [2.75, 3.05) is 6.54 Å². The highest BCUT2D eigenvalue weighted by molar-refractivity contribution is 5.85. The number of fused-ring (bicyclic) bond motifs is 4. The molecular weight excluding hydrogens is 246 g/mol. The normalized spacial score (nSPS) is 33.0. The molecule has 1 saturated carbocycles. The lowest BCUT2D eigenvalue weighted by molar-refractivity contribution is 0.00800. The van der Waals surface area contributed by atoms with Crippen LogP contribution in [0.15, 0.2) is 24.3 Å². The third-order valence-corrected chi connectivity index (χ3v) is 4.13. The van der Waals surface area contributed by atoms with Crippen molar-refractivity contribution in [3.63, 3.8) is 0 Å². The summed E-state index contributed by atoms with van der Waals surface area (Å²) in [5.74, 6) is 1.78. The molecule has 0 aromatic heterocycles. The first-order chi connectivity index (χ1) is 8.20. The Hall–Kier alpha value is -0.730. The van der Waals surface area contributed by atoms with Crippen LogP contribution in [0.2, 0.25) is 0 Å². The summed E-state index contributed by atoms with van der Waals surface area (Å²) in [4.78, 5) is 0. The highest BCUT2D eigenvalue weighted by Gasteiger charge is 2.43. The zero-order chi connectivity index (χ0) is 11.9.